The van der Waals surface area contributed by atoms with E-state index in [2.05, 4.69) is 5.32 Å². The Morgan fingerprint density at radius 2 is 1.96 bits per heavy atom. The van der Waals surface area contributed by atoms with Gasteiger partial charge in [0.25, 0.3) is 0 Å². The maximum absolute atomic E-state index is 13.0. The van der Waals surface area contributed by atoms with Crippen LogP contribution in [0.1, 0.15) is 31.2 Å². The smallest absolute Gasteiger partial charge is 0.243 e. The molecule has 3 rings (SSSR count). The molecule has 1 heterocycles. The predicted octanol–water partition coefficient (Wildman–Crippen LogP) is 3.78. The second kappa shape index (κ2) is 8.74. The lowest BCUT2D eigenvalue weighted by molar-refractivity contribution is -0.117. The summed E-state index contributed by atoms with van der Waals surface area (Å²) >= 11 is 5.95. The van der Waals surface area contributed by atoms with Gasteiger partial charge in [-0.15, -0.1) is 0 Å². The van der Waals surface area contributed by atoms with Gasteiger partial charge in [0.2, 0.25) is 15.9 Å². The van der Waals surface area contributed by atoms with Gasteiger partial charge in [0, 0.05) is 24.0 Å². The van der Waals surface area contributed by atoms with Gasteiger partial charge < -0.3 is 5.32 Å². The molecule has 28 heavy (non-hydrogen) atoms. The van der Waals surface area contributed by atoms with Crippen LogP contribution in [0.5, 0.6) is 0 Å². The first-order valence-corrected chi connectivity index (χ1v) is 10.8. The van der Waals surface area contributed by atoms with Crippen LogP contribution in [0.15, 0.2) is 53.4 Å². The molecule has 1 fully saturated rings. The molecule has 1 aliphatic heterocycles. The predicted molar refractivity (Wildman–Crippen MR) is 107 cm³/mol. The standard InChI is InChI=1S/C20H20ClN3O3S/c21-16-10-9-15(14-22)19(12-16)23-20(25)13-17-6-4-5-11-24(17)28(26,27)18-7-2-1-3-8-18/h1-3,7-10,12,17H,4-6,11,13H2,(H,23,25)/t17-/m0/s1. The summed E-state index contributed by atoms with van der Waals surface area (Å²) in [5.74, 6) is -0.348. The van der Waals surface area contributed by atoms with Crippen molar-refractivity contribution in [2.45, 2.75) is 36.6 Å². The lowest BCUT2D eigenvalue weighted by Crippen LogP contribution is -2.45. The Morgan fingerprint density at radius 3 is 2.68 bits per heavy atom. The molecule has 146 valence electrons. The summed E-state index contributed by atoms with van der Waals surface area (Å²) in [6.07, 6.45) is 2.25. The monoisotopic (exact) mass is 417 g/mol. The number of sulfonamides is 1. The van der Waals surface area contributed by atoms with Crippen LogP contribution in [-0.2, 0) is 14.8 Å². The van der Waals surface area contributed by atoms with Crippen LogP contribution < -0.4 is 5.32 Å². The van der Waals surface area contributed by atoms with Crippen LogP contribution in [0.3, 0.4) is 0 Å². The highest BCUT2D eigenvalue weighted by atomic mass is 35.5. The number of nitrogens with zero attached hydrogens (tertiary/aromatic N) is 2. The number of piperidine rings is 1. The van der Waals surface area contributed by atoms with Crippen molar-refractivity contribution in [2.75, 3.05) is 11.9 Å². The maximum Gasteiger partial charge on any atom is 0.243 e. The first-order chi connectivity index (χ1) is 13.4. The third-order valence-electron chi connectivity index (χ3n) is 4.72. The number of nitriles is 1. The number of hydrogen-bond donors (Lipinski definition) is 1. The largest absolute Gasteiger partial charge is 0.325 e. The fourth-order valence-electron chi connectivity index (χ4n) is 3.35. The van der Waals surface area contributed by atoms with Gasteiger partial charge in [-0.05, 0) is 43.2 Å². The summed E-state index contributed by atoms with van der Waals surface area (Å²) < 4.78 is 27.5. The second-order valence-electron chi connectivity index (χ2n) is 6.63. The van der Waals surface area contributed by atoms with Crippen LogP contribution in [-0.4, -0.2) is 31.2 Å². The van der Waals surface area contributed by atoms with Crippen LogP contribution >= 0.6 is 11.6 Å². The van der Waals surface area contributed by atoms with E-state index in [1.54, 1.807) is 36.4 Å². The summed E-state index contributed by atoms with van der Waals surface area (Å²) in [4.78, 5) is 12.8. The Morgan fingerprint density at radius 1 is 1.21 bits per heavy atom. The number of nitrogens with one attached hydrogen (secondary N) is 1. The third-order valence-corrected chi connectivity index (χ3v) is 6.92. The minimum atomic E-state index is -3.67. The molecule has 0 aliphatic carbocycles. The summed E-state index contributed by atoms with van der Waals surface area (Å²) in [6, 6.07) is 14.4. The Bertz CT molecular complexity index is 1000. The van der Waals surface area contributed by atoms with E-state index in [9.17, 15) is 18.5 Å². The van der Waals surface area contributed by atoms with Crippen LogP contribution in [0, 0.1) is 11.3 Å². The van der Waals surface area contributed by atoms with Crippen LogP contribution in [0.2, 0.25) is 5.02 Å². The van der Waals surface area contributed by atoms with Gasteiger partial charge in [0.15, 0.2) is 0 Å². The normalized spacial score (nSPS) is 17.6. The molecular formula is C20H20ClN3O3S. The number of anilines is 1. The van der Waals surface area contributed by atoms with E-state index in [1.807, 2.05) is 6.07 Å². The van der Waals surface area contributed by atoms with Crippen molar-refractivity contribution in [1.82, 2.24) is 4.31 Å². The average molecular weight is 418 g/mol. The van der Waals surface area contributed by atoms with Crippen molar-refractivity contribution < 1.29 is 13.2 Å². The molecule has 2 aromatic carbocycles. The number of halogens is 1. The van der Waals surface area contributed by atoms with E-state index in [1.165, 1.54) is 16.4 Å². The molecule has 0 saturated carbocycles. The zero-order valence-electron chi connectivity index (χ0n) is 15.1. The zero-order chi connectivity index (χ0) is 20.1. The Kier molecular flexibility index (Phi) is 6.35. The SMILES string of the molecule is N#Cc1ccc(Cl)cc1NC(=O)C[C@@H]1CCCCN1S(=O)(=O)c1ccccc1. The molecule has 6 nitrogen and oxygen atoms in total. The van der Waals surface area contributed by atoms with Gasteiger partial charge in [-0.2, -0.15) is 9.57 Å². The van der Waals surface area contributed by atoms with Crippen molar-refractivity contribution in [2.24, 2.45) is 0 Å². The minimum absolute atomic E-state index is 0.0173. The number of amides is 1. The highest BCUT2D eigenvalue weighted by Gasteiger charge is 2.34. The number of hydrogen-bond acceptors (Lipinski definition) is 4. The molecule has 8 heteroatoms. The molecule has 0 bridgehead atoms. The minimum Gasteiger partial charge on any atom is -0.325 e. The van der Waals surface area contributed by atoms with E-state index in [0.29, 0.717) is 29.2 Å². The topological polar surface area (TPSA) is 90.3 Å². The average Bonchev–Trinajstić information content (AvgIpc) is 2.69. The Hall–Kier alpha value is -2.40. The molecule has 2 aromatic rings. The number of benzene rings is 2. The van der Waals surface area contributed by atoms with Gasteiger partial charge in [-0.1, -0.05) is 36.2 Å². The van der Waals surface area contributed by atoms with Crippen molar-refractivity contribution in [3.8, 4) is 6.07 Å². The maximum atomic E-state index is 13.0. The highest BCUT2D eigenvalue weighted by molar-refractivity contribution is 7.89. The number of rotatable bonds is 5. The first kappa shape index (κ1) is 20.3. The van der Waals surface area contributed by atoms with Crippen LogP contribution in [0.4, 0.5) is 5.69 Å². The summed E-state index contributed by atoms with van der Waals surface area (Å²) in [7, 11) is -3.67. The van der Waals surface area contributed by atoms with E-state index in [4.69, 9.17) is 11.6 Å². The molecular weight excluding hydrogens is 398 g/mol. The highest BCUT2D eigenvalue weighted by Crippen LogP contribution is 2.28. The third kappa shape index (κ3) is 4.53. The lowest BCUT2D eigenvalue weighted by Gasteiger charge is -2.34. The fourth-order valence-corrected chi connectivity index (χ4v) is 5.24. The van der Waals surface area contributed by atoms with Gasteiger partial charge in [0.05, 0.1) is 16.1 Å². The van der Waals surface area contributed by atoms with E-state index in [0.717, 1.165) is 12.8 Å². The van der Waals surface area contributed by atoms with Gasteiger partial charge in [0.1, 0.15) is 6.07 Å². The van der Waals surface area contributed by atoms with Crippen molar-refractivity contribution in [1.29, 1.82) is 5.26 Å². The molecule has 0 radical (unpaired) electrons. The first-order valence-electron chi connectivity index (χ1n) is 8.98. The van der Waals surface area contributed by atoms with E-state index < -0.39 is 16.1 Å². The van der Waals surface area contributed by atoms with Gasteiger partial charge >= 0.3 is 0 Å². The summed E-state index contributed by atoms with van der Waals surface area (Å²) in [5, 5.41) is 12.3. The quantitative estimate of drug-likeness (QED) is 0.801. The number of carbonyl (C=O) groups excluding carboxylic acids is 1. The Balaban J connectivity index is 1.78. The van der Waals surface area contributed by atoms with Crippen molar-refractivity contribution >= 4 is 33.2 Å². The van der Waals surface area contributed by atoms with Crippen LogP contribution in [0.25, 0.3) is 0 Å². The molecule has 0 unspecified atom stereocenters. The molecule has 1 saturated heterocycles. The van der Waals surface area contributed by atoms with E-state index in [-0.39, 0.29) is 17.2 Å². The van der Waals surface area contributed by atoms with Crippen molar-refractivity contribution in [3.05, 3.63) is 59.1 Å². The van der Waals surface area contributed by atoms with Crippen molar-refractivity contribution in [3.63, 3.8) is 0 Å². The molecule has 0 aromatic heterocycles. The molecule has 0 spiro atoms. The van der Waals surface area contributed by atoms with Gasteiger partial charge in [-0.3, -0.25) is 4.79 Å². The Labute approximate surface area is 169 Å². The van der Waals surface area contributed by atoms with E-state index >= 15 is 0 Å². The molecule has 1 amide bonds. The summed E-state index contributed by atoms with van der Waals surface area (Å²) in [6.45, 7) is 0.385. The molecule has 1 N–H and O–H groups in total. The number of carbonyl (C=O) groups is 1. The fraction of sp³-hybridized carbons (Fsp3) is 0.300. The van der Waals surface area contributed by atoms with Gasteiger partial charge in [-0.25, -0.2) is 8.42 Å². The second-order valence-corrected chi connectivity index (χ2v) is 8.96. The lowest BCUT2D eigenvalue weighted by atomic mass is 10.0. The molecule has 1 atom stereocenters. The molecule has 1 aliphatic rings. The zero-order valence-corrected chi connectivity index (χ0v) is 16.7. The summed E-state index contributed by atoms with van der Waals surface area (Å²) in [5.41, 5.74) is 0.628.